The minimum Gasteiger partial charge on any atom is -0.493 e. The highest BCUT2D eigenvalue weighted by Crippen LogP contribution is 2.23. The van der Waals surface area contributed by atoms with Crippen molar-refractivity contribution in [2.45, 2.75) is 38.1 Å². The Morgan fingerprint density at radius 3 is 2.80 bits per heavy atom. The summed E-state index contributed by atoms with van der Waals surface area (Å²) in [4.78, 5) is 35.6. The zero-order valence-electron chi connectivity index (χ0n) is 13.7. The fraction of sp³-hybridized carbons (Fsp3) is 0.471. The number of nitrogens with one attached hydrogen (secondary N) is 2. The molecule has 1 heterocycles. The van der Waals surface area contributed by atoms with Crippen molar-refractivity contribution in [1.82, 2.24) is 10.6 Å². The molecular formula is C17H21ClN2O5. The number of ether oxygens (including phenoxy) is 1. The number of hydrogen-bond acceptors (Lipinski definition) is 4. The van der Waals surface area contributed by atoms with Crippen LogP contribution in [0.2, 0.25) is 5.02 Å². The van der Waals surface area contributed by atoms with Gasteiger partial charge in [0, 0.05) is 18.0 Å². The van der Waals surface area contributed by atoms with E-state index in [0.717, 1.165) is 19.3 Å². The zero-order valence-corrected chi connectivity index (χ0v) is 14.5. The predicted molar refractivity (Wildman–Crippen MR) is 91.9 cm³/mol. The summed E-state index contributed by atoms with van der Waals surface area (Å²) in [6, 6.07) is 3.47. The van der Waals surface area contributed by atoms with Crippen molar-refractivity contribution in [2.75, 3.05) is 13.2 Å². The molecule has 7 nitrogen and oxygen atoms in total. The van der Waals surface area contributed by atoms with Crippen LogP contribution in [0.15, 0.2) is 18.2 Å². The van der Waals surface area contributed by atoms with Crippen LogP contribution in [0, 0.1) is 0 Å². The first kappa shape index (κ1) is 19.1. The van der Waals surface area contributed by atoms with Crippen molar-refractivity contribution in [3.05, 3.63) is 28.8 Å². The molecule has 0 aromatic heterocycles. The lowest BCUT2D eigenvalue weighted by Gasteiger charge is -2.16. The van der Waals surface area contributed by atoms with Crippen molar-refractivity contribution >= 4 is 29.4 Å². The van der Waals surface area contributed by atoms with Gasteiger partial charge in [-0.1, -0.05) is 11.6 Å². The molecule has 0 spiro atoms. The molecule has 0 fully saturated rings. The molecule has 0 bridgehead atoms. The van der Waals surface area contributed by atoms with Crippen LogP contribution in [0.1, 0.15) is 42.5 Å². The molecule has 0 unspecified atom stereocenters. The lowest BCUT2D eigenvalue weighted by atomic mass is 10.1. The number of rotatable bonds is 1. The second-order valence-electron chi connectivity index (χ2n) is 5.80. The van der Waals surface area contributed by atoms with Crippen molar-refractivity contribution < 1.29 is 24.2 Å². The van der Waals surface area contributed by atoms with Gasteiger partial charge in [0.2, 0.25) is 5.91 Å². The Labute approximate surface area is 150 Å². The van der Waals surface area contributed by atoms with E-state index in [1.807, 2.05) is 0 Å². The molecule has 2 amide bonds. The number of carboxylic acids is 1. The molecule has 3 N–H and O–H groups in total. The fourth-order valence-electron chi connectivity index (χ4n) is 2.48. The molecule has 0 aliphatic carbocycles. The number of fused-ring (bicyclic) bond motifs is 1. The topological polar surface area (TPSA) is 105 Å². The summed E-state index contributed by atoms with van der Waals surface area (Å²) in [6.07, 6.45) is 2.48. The highest BCUT2D eigenvalue weighted by Gasteiger charge is 2.23. The monoisotopic (exact) mass is 368 g/mol. The van der Waals surface area contributed by atoms with E-state index >= 15 is 0 Å². The molecule has 1 aliphatic heterocycles. The minimum atomic E-state index is -1.20. The first-order chi connectivity index (χ1) is 12.0. The van der Waals surface area contributed by atoms with Crippen molar-refractivity contribution in [2.24, 2.45) is 0 Å². The molecule has 0 saturated carbocycles. The van der Waals surface area contributed by atoms with Crippen molar-refractivity contribution in [3.8, 4) is 5.75 Å². The van der Waals surface area contributed by atoms with E-state index < -0.39 is 17.9 Å². The van der Waals surface area contributed by atoms with E-state index in [-0.39, 0.29) is 24.3 Å². The summed E-state index contributed by atoms with van der Waals surface area (Å²) in [5.74, 6) is -1.67. The normalized spacial score (nSPS) is 20.1. The van der Waals surface area contributed by atoms with Gasteiger partial charge < -0.3 is 20.5 Å². The quantitative estimate of drug-likeness (QED) is 0.703. The standard InChI is InChI=1S/C17H21ClN2O5/c18-11-4-6-14-12(10-11)16(22)20-13(17(23)24)5-7-15(21)19-8-2-1-3-9-25-14/h4,6,10,13H,1-3,5,7-9H2,(H,19,21)(H,20,22)(H,23,24)/t13-/m0/s1. The van der Waals surface area contributed by atoms with Gasteiger partial charge in [-0.15, -0.1) is 0 Å². The molecule has 1 atom stereocenters. The second-order valence-corrected chi connectivity index (χ2v) is 6.24. The largest absolute Gasteiger partial charge is 0.493 e. The molecule has 1 aliphatic rings. The van der Waals surface area contributed by atoms with Crippen LogP contribution in [-0.4, -0.2) is 42.1 Å². The fourth-order valence-corrected chi connectivity index (χ4v) is 2.65. The van der Waals surface area contributed by atoms with Gasteiger partial charge in [0.25, 0.3) is 5.91 Å². The molecule has 0 saturated heterocycles. The number of carbonyl (C=O) groups is 3. The van der Waals surface area contributed by atoms with Gasteiger partial charge >= 0.3 is 5.97 Å². The van der Waals surface area contributed by atoms with Crippen LogP contribution in [0.3, 0.4) is 0 Å². The Kier molecular flexibility index (Phi) is 7.06. The lowest BCUT2D eigenvalue weighted by molar-refractivity contribution is -0.139. The van der Waals surface area contributed by atoms with E-state index in [0.29, 0.717) is 23.9 Å². The number of amides is 2. The maximum Gasteiger partial charge on any atom is 0.326 e. The maximum atomic E-state index is 12.5. The predicted octanol–water partition coefficient (Wildman–Crippen LogP) is 1.98. The number of carbonyl (C=O) groups excluding carboxylic acids is 2. The maximum absolute atomic E-state index is 12.5. The summed E-state index contributed by atoms with van der Waals surface area (Å²) in [7, 11) is 0. The smallest absolute Gasteiger partial charge is 0.326 e. The van der Waals surface area contributed by atoms with Crippen LogP contribution in [-0.2, 0) is 9.59 Å². The first-order valence-electron chi connectivity index (χ1n) is 8.20. The SMILES string of the molecule is O=C1CC[C@@H](C(=O)O)NC(=O)c2cc(Cl)ccc2OCCCCCN1. The van der Waals surface area contributed by atoms with Crippen LogP contribution in [0.4, 0.5) is 0 Å². The second kappa shape index (κ2) is 9.27. The van der Waals surface area contributed by atoms with Crippen LogP contribution >= 0.6 is 11.6 Å². The Morgan fingerprint density at radius 1 is 1.24 bits per heavy atom. The number of halogens is 1. The summed E-state index contributed by atoms with van der Waals surface area (Å²) in [6.45, 7) is 0.952. The Morgan fingerprint density at radius 2 is 2.04 bits per heavy atom. The van der Waals surface area contributed by atoms with Crippen LogP contribution in [0.5, 0.6) is 5.75 Å². The third-order valence-corrected chi connectivity index (χ3v) is 4.09. The van der Waals surface area contributed by atoms with Crippen LogP contribution < -0.4 is 15.4 Å². The van der Waals surface area contributed by atoms with Gasteiger partial charge in [-0.05, 0) is 43.9 Å². The van der Waals surface area contributed by atoms with Gasteiger partial charge in [-0.25, -0.2) is 4.79 Å². The van der Waals surface area contributed by atoms with Gasteiger partial charge in [0.05, 0.1) is 12.2 Å². The molecule has 8 heteroatoms. The molecule has 0 radical (unpaired) electrons. The highest BCUT2D eigenvalue weighted by atomic mass is 35.5. The first-order valence-corrected chi connectivity index (χ1v) is 8.58. The van der Waals surface area contributed by atoms with Gasteiger partial charge in [-0.3, -0.25) is 9.59 Å². The molecular weight excluding hydrogens is 348 g/mol. The summed E-state index contributed by atoms with van der Waals surface area (Å²) in [5.41, 5.74) is 0.179. The van der Waals surface area contributed by atoms with E-state index in [4.69, 9.17) is 16.3 Å². The Hall–Kier alpha value is -2.28. The molecule has 1 aromatic carbocycles. The van der Waals surface area contributed by atoms with Gasteiger partial charge in [0.15, 0.2) is 0 Å². The van der Waals surface area contributed by atoms with E-state index in [1.54, 1.807) is 12.1 Å². The third-order valence-electron chi connectivity index (χ3n) is 3.85. The van der Waals surface area contributed by atoms with Gasteiger partial charge in [-0.2, -0.15) is 0 Å². The Bertz CT molecular complexity index is 650. The lowest BCUT2D eigenvalue weighted by Crippen LogP contribution is -2.41. The number of hydrogen-bond donors (Lipinski definition) is 3. The number of benzene rings is 1. The summed E-state index contributed by atoms with van der Waals surface area (Å²) in [5, 5.41) is 14.8. The third kappa shape index (κ3) is 5.94. The van der Waals surface area contributed by atoms with Crippen molar-refractivity contribution in [1.29, 1.82) is 0 Å². The average Bonchev–Trinajstić information content (AvgIpc) is 2.57. The van der Waals surface area contributed by atoms with E-state index in [1.165, 1.54) is 6.07 Å². The van der Waals surface area contributed by atoms with Crippen molar-refractivity contribution in [3.63, 3.8) is 0 Å². The molecule has 25 heavy (non-hydrogen) atoms. The molecule has 2 rings (SSSR count). The molecule has 1 aromatic rings. The van der Waals surface area contributed by atoms with Gasteiger partial charge in [0.1, 0.15) is 11.8 Å². The summed E-state index contributed by atoms with van der Waals surface area (Å²) >= 11 is 5.95. The Balaban J connectivity index is 2.22. The van der Waals surface area contributed by atoms with Crippen LogP contribution in [0.25, 0.3) is 0 Å². The summed E-state index contributed by atoms with van der Waals surface area (Å²) < 4.78 is 5.65. The molecule has 136 valence electrons. The van der Waals surface area contributed by atoms with E-state index in [2.05, 4.69) is 10.6 Å². The highest BCUT2D eigenvalue weighted by molar-refractivity contribution is 6.31. The average molecular weight is 369 g/mol. The zero-order chi connectivity index (χ0) is 18.2. The number of aliphatic carboxylic acids is 1. The number of carboxylic acid groups (broad SMARTS) is 1. The minimum absolute atomic E-state index is 0.00363. The van der Waals surface area contributed by atoms with E-state index in [9.17, 15) is 19.5 Å².